The number of fused-ring (bicyclic) bond motifs is 1. The zero-order valence-electron chi connectivity index (χ0n) is 19.4. The average molecular weight is 463 g/mol. The second-order valence-corrected chi connectivity index (χ2v) is 10.4. The van der Waals surface area contributed by atoms with Crippen molar-refractivity contribution in [1.29, 1.82) is 0 Å². The number of aromatic nitrogens is 3. The van der Waals surface area contributed by atoms with Gasteiger partial charge in [0.15, 0.2) is 5.16 Å². The van der Waals surface area contributed by atoms with E-state index in [2.05, 4.69) is 62.1 Å². The van der Waals surface area contributed by atoms with Gasteiger partial charge >= 0.3 is 0 Å². The highest BCUT2D eigenvalue weighted by Crippen LogP contribution is 2.34. The first-order valence-electron chi connectivity index (χ1n) is 12.6. The van der Waals surface area contributed by atoms with Crippen LogP contribution in [0.3, 0.4) is 0 Å². The Morgan fingerprint density at radius 1 is 0.879 bits per heavy atom. The van der Waals surface area contributed by atoms with E-state index >= 15 is 0 Å². The summed E-state index contributed by atoms with van der Waals surface area (Å²) in [5.41, 5.74) is 1.29. The van der Waals surface area contributed by atoms with Gasteiger partial charge in [-0.05, 0) is 42.0 Å². The summed E-state index contributed by atoms with van der Waals surface area (Å²) in [7, 11) is 0. The van der Waals surface area contributed by atoms with Crippen molar-refractivity contribution < 1.29 is 4.79 Å². The summed E-state index contributed by atoms with van der Waals surface area (Å²) >= 11 is 1.58. The first-order chi connectivity index (χ1) is 16.3. The molecule has 33 heavy (non-hydrogen) atoms. The van der Waals surface area contributed by atoms with Gasteiger partial charge < -0.3 is 9.47 Å². The van der Waals surface area contributed by atoms with Crippen LogP contribution < -0.4 is 0 Å². The van der Waals surface area contributed by atoms with Crippen LogP contribution in [0, 0.1) is 0 Å². The number of rotatable bonds is 6. The molecule has 174 valence electrons. The molecule has 1 saturated heterocycles. The van der Waals surface area contributed by atoms with Crippen LogP contribution in [0.2, 0.25) is 0 Å². The molecule has 1 saturated carbocycles. The maximum atomic E-state index is 12.9. The fourth-order valence-electron chi connectivity index (χ4n) is 5.39. The lowest BCUT2D eigenvalue weighted by Gasteiger charge is -2.26. The number of carbonyl (C=O) groups is 1. The molecule has 2 aliphatic rings. The maximum Gasteiger partial charge on any atom is 0.233 e. The van der Waals surface area contributed by atoms with Crippen molar-refractivity contribution in [2.45, 2.75) is 75.4 Å². The topological polar surface area (TPSA) is 51.0 Å². The number of nitrogens with zero attached hydrogens (tertiary/aromatic N) is 4. The molecule has 5 nitrogen and oxygen atoms in total. The predicted molar refractivity (Wildman–Crippen MR) is 135 cm³/mol. The van der Waals surface area contributed by atoms with Crippen molar-refractivity contribution in [3.63, 3.8) is 0 Å². The van der Waals surface area contributed by atoms with Gasteiger partial charge in [0, 0.05) is 25.6 Å². The number of thioether (sulfide) groups is 1. The summed E-state index contributed by atoms with van der Waals surface area (Å²) < 4.78 is 2.38. The molecule has 2 fully saturated rings. The number of benzene rings is 2. The highest BCUT2D eigenvalue weighted by atomic mass is 32.2. The largest absolute Gasteiger partial charge is 0.342 e. The van der Waals surface area contributed by atoms with Crippen LogP contribution in [-0.4, -0.2) is 44.4 Å². The molecule has 6 heteroatoms. The van der Waals surface area contributed by atoms with Gasteiger partial charge in [0.25, 0.3) is 0 Å². The molecule has 1 aromatic heterocycles. The van der Waals surface area contributed by atoms with Crippen molar-refractivity contribution in [1.82, 2.24) is 19.7 Å². The van der Waals surface area contributed by atoms with Crippen molar-refractivity contribution in [3.05, 3.63) is 53.9 Å². The summed E-state index contributed by atoms with van der Waals surface area (Å²) in [4.78, 5) is 15.0. The van der Waals surface area contributed by atoms with Crippen LogP contribution in [0.15, 0.2) is 47.6 Å². The summed E-state index contributed by atoms with van der Waals surface area (Å²) in [5.74, 6) is 1.73. The van der Waals surface area contributed by atoms with Gasteiger partial charge in [-0.1, -0.05) is 86.3 Å². The zero-order valence-corrected chi connectivity index (χ0v) is 20.2. The van der Waals surface area contributed by atoms with E-state index in [1.54, 1.807) is 11.8 Å². The van der Waals surface area contributed by atoms with Crippen molar-refractivity contribution in [2.24, 2.45) is 0 Å². The van der Waals surface area contributed by atoms with Gasteiger partial charge in [-0.25, -0.2) is 0 Å². The molecule has 0 bridgehead atoms. The molecule has 5 rings (SSSR count). The van der Waals surface area contributed by atoms with Gasteiger partial charge in [0.2, 0.25) is 5.91 Å². The summed E-state index contributed by atoms with van der Waals surface area (Å²) in [6.45, 7) is 1.81. The highest BCUT2D eigenvalue weighted by molar-refractivity contribution is 7.99. The van der Waals surface area contributed by atoms with Gasteiger partial charge in [-0.15, -0.1) is 10.2 Å². The van der Waals surface area contributed by atoms with E-state index in [-0.39, 0.29) is 5.91 Å². The van der Waals surface area contributed by atoms with E-state index in [9.17, 15) is 4.79 Å². The number of carbonyl (C=O) groups excluding carboxylic acids is 1. The zero-order chi connectivity index (χ0) is 22.5. The molecule has 0 atom stereocenters. The van der Waals surface area contributed by atoms with E-state index < -0.39 is 0 Å². The normalized spacial score (nSPS) is 17.9. The minimum absolute atomic E-state index is 0.246. The Morgan fingerprint density at radius 3 is 2.42 bits per heavy atom. The van der Waals surface area contributed by atoms with Crippen LogP contribution >= 0.6 is 11.8 Å². The summed E-state index contributed by atoms with van der Waals surface area (Å²) in [6, 6.07) is 15.5. The van der Waals surface area contributed by atoms with Crippen LogP contribution in [0.1, 0.15) is 75.2 Å². The quantitative estimate of drug-likeness (QED) is 0.420. The Hall–Kier alpha value is -2.34. The molecular weight excluding hydrogens is 428 g/mol. The van der Waals surface area contributed by atoms with Gasteiger partial charge in [0.05, 0.1) is 5.75 Å². The van der Waals surface area contributed by atoms with Gasteiger partial charge in [0.1, 0.15) is 5.82 Å². The molecule has 1 amide bonds. The summed E-state index contributed by atoms with van der Waals surface area (Å²) in [5, 5.41) is 12.7. The lowest BCUT2D eigenvalue weighted by atomic mass is 9.95. The molecule has 1 aliphatic heterocycles. The second kappa shape index (κ2) is 10.7. The fraction of sp³-hybridized carbons (Fsp3) is 0.519. The molecule has 0 radical (unpaired) electrons. The standard InChI is InChI=1S/C27H34N4OS/c32-26(30-17-8-1-2-9-18-30)20-33-27-29-28-25(31(27)23-14-4-3-5-15-23)19-22-13-10-12-21-11-6-7-16-24(21)22/h6-7,10-13,16,23H,1-5,8-9,14-15,17-20H2. The molecule has 0 N–H and O–H groups in total. The predicted octanol–water partition coefficient (Wildman–Crippen LogP) is 6.02. The van der Waals surface area contributed by atoms with E-state index in [4.69, 9.17) is 0 Å². The Kier molecular flexibility index (Phi) is 7.30. The Morgan fingerprint density at radius 2 is 1.61 bits per heavy atom. The highest BCUT2D eigenvalue weighted by Gasteiger charge is 2.25. The minimum Gasteiger partial charge on any atom is -0.342 e. The van der Waals surface area contributed by atoms with E-state index in [0.29, 0.717) is 11.8 Å². The number of hydrogen-bond donors (Lipinski definition) is 0. The molecular formula is C27H34N4OS. The SMILES string of the molecule is O=C(CSc1nnc(Cc2cccc3ccccc23)n1C1CCCCC1)N1CCCCCC1. The molecule has 3 aromatic rings. The minimum atomic E-state index is 0.246. The van der Waals surface area contributed by atoms with E-state index in [0.717, 1.165) is 43.3 Å². The van der Waals surface area contributed by atoms with Crippen LogP contribution in [0.5, 0.6) is 0 Å². The maximum absolute atomic E-state index is 12.9. The van der Waals surface area contributed by atoms with E-state index in [1.807, 2.05) is 0 Å². The third kappa shape index (κ3) is 5.26. The second-order valence-electron chi connectivity index (χ2n) is 9.46. The number of hydrogen-bond acceptors (Lipinski definition) is 4. The Balaban J connectivity index is 1.38. The van der Waals surface area contributed by atoms with Crippen molar-refractivity contribution in [2.75, 3.05) is 18.8 Å². The first kappa shape index (κ1) is 22.5. The fourth-order valence-corrected chi connectivity index (χ4v) is 6.31. The molecule has 2 aromatic carbocycles. The van der Waals surface area contributed by atoms with Crippen molar-refractivity contribution in [3.8, 4) is 0 Å². The molecule has 0 unspecified atom stereocenters. The smallest absolute Gasteiger partial charge is 0.233 e. The third-order valence-corrected chi connectivity index (χ3v) is 8.11. The lowest BCUT2D eigenvalue weighted by molar-refractivity contribution is -0.128. The third-order valence-electron chi connectivity index (χ3n) is 7.19. The lowest BCUT2D eigenvalue weighted by Crippen LogP contribution is -2.33. The summed E-state index contributed by atoms with van der Waals surface area (Å²) in [6.07, 6.45) is 11.7. The van der Waals surface area contributed by atoms with Crippen LogP contribution in [0.25, 0.3) is 10.8 Å². The van der Waals surface area contributed by atoms with Crippen LogP contribution in [0.4, 0.5) is 0 Å². The first-order valence-corrected chi connectivity index (χ1v) is 13.6. The van der Waals surface area contributed by atoms with Gasteiger partial charge in [-0.3, -0.25) is 4.79 Å². The monoisotopic (exact) mass is 462 g/mol. The molecule has 2 heterocycles. The molecule has 0 spiro atoms. The van der Waals surface area contributed by atoms with Crippen LogP contribution in [-0.2, 0) is 11.2 Å². The number of amides is 1. The Labute approximate surface area is 201 Å². The number of likely N-dealkylation sites (tertiary alicyclic amines) is 1. The van der Waals surface area contributed by atoms with Gasteiger partial charge in [-0.2, -0.15) is 0 Å². The van der Waals surface area contributed by atoms with E-state index in [1.165, 1.54) is 61.3 Å². The average Bonchev–Trinajstić information content (AvgIpc) is 3.06. The van der Waals surface area contributed by atoms with Crippen molar-refractivity contribution >= 4 is 28.4 Å². The Bertz CT molecular complexity index is 1080. The molecule has 1 aliphatic carbocycles.